The Kier molecular flexibility index (Phi) is 4.62. The monoisotopic (exact) mass is 367 g/mol. The van der Waals surface area contributed by atoms with E-state index >= 15 is 0 Å². The molecule has 3 heterocycles. The van der Waals surface area contributed by atoms with Crippen LogP contribution in [-0.2, 0) is 11.3 Å². The van der Waals surface area contributed by atoms with Gasteiger partial charge in [0.1, 0.15) is 0 Å². The van der Waals surface area contributed by atoms with Gasteiger partial charge in [0.25, 0.3) is 5.91 Å². The Balaban J connectivity index is 1.37. The first-order chi connectivity index (χ1) is 13.1. The van der Waals surface area contributed by atoms with Crippen molar-refractivity contribution < 1.29 is 14.1 Å². The number of aromatic nitrogens is 3. The topological polar surface area (TPSA) is 104 Å². The first-order valence-electron chi connectivity index (χ1n) is 9.04. The smallest absolute Gasteiger partial charge is 0.252 e. The Morgan fingerprint density at radius 1 is 1.30 bits per heavy atom. The molecule has 8 nitrogen and oxygen atoms in total. The van der Waals surface area contributed by atoms with Crippen LogP contribution in [0, 0.1) is 0 Å². The predicted octanol–water partition coefficient (Wildman–Crippen LogP) is 2.21. The van der Waals surface area contributed by atoms with Gasteiger partial charge < -0.3 is 19.7 Å². The number of carbonyl (C=O) groups is 2. The third kappa shape index (κ3) is 3.55. The molecule has 8 heteroatoms. The maximum atomic E-state index is 12.5. The van der Waals surface area contributed by atoms with Crippen molar-refractivity contribution in [1.82, 2.24) is 25.3 Å². The van der Waals surface area contributed by atoms with Gasteiger partial charge in [0.05, 0.1) is 6.54 Å². The van der Waals surface area contributed by atoms with Gasteiger partial charge in [0.15, 0.2) is 5.82 Å². The van der Waals surface area contributed by atoms with Crippen LogP contribution in [0.2, 0.25) is 0 Å². The number of hydrogen-bond donors (Lipinski definition) is 2. The lowest BCUT2D eigenvalue weighted by molar-refractivity contribution is -0.129. The molecule has 1 fully saturated rings. The fraction of sp³-hybridized carbons (Fsp3) is 0.368. The number of carbonyl (C=O) groups excluding carboxylic acids is 2. The van der Waals surface area contributed by atoms with Crippen molar-refractivity contribution in [2.45, 2.75) is 32.2 Å². The summed E-state index contributed by atoms with van der Waals surface area (Å²) in [6, 6.07) is 7.43. The van der Waals surface area contributed by atoms with Gasteiger partial charge in [0.2, 0.25) is 11.8 Å². The lowest BCUT2D eigenvalue weighted by atomic mass is 9.96. The van der Waals surface area contributed by atoms with E-state index in [1.165, 1.54) is 0 Å². The van der Waals surface area contributed by atoms with E-state index in [-0.39, 0.29) is 24.3 Å². The second kappa shape index (κ2) is 7.22. The van der Waals surface area contributed by atoms with E-state index in [2.05, 4.69) is 20.4 Å². The number of piperidine rings is 1. The molecule has 1 saturated heterocycles. The molecular weight excluding hydrogens is 346 g/mol. The van der Waals surface area contributed by atoms with Crippen LogP contribution in [0.5, 0.6) is 0 Å². The van der Waals surface area contributed by atoms with E-state index in [0.717, 1.165) is 23.7 Å². The molecule has 1 aromatic carbocycles. The van der Waals surface area contributed by atoms with E-state index in [1.807, 2.05) is 29.3 Å². The van der Waals surface area contributed by atoms with Gasteiger partial charge in [-0.05, 0) is 31.0 Å². The molecule has 2 aromatic heterocycles. The largest absolute Gasteiger partial charge is 0.361 e. The van der Waals surface area contributed by atoms with Gasteiger partial charge >= 0.3 is 0 Å². The van der Waals surface area contributed by atoms with Gasteiger partial charge in [-0.15, -0.1) is 0 Å². The molecule has 1 aliphatic rings. The van der Waals surface area contributed by atoms with Crippen LogP contribution in [0.4, 0.5) is 0 Å². The molecule has 27 heavy (non-hydrogen) atoms. The molecule has 0 saturated carbocycles. The number of H-pyrrole nitrogens is 1. The number of rotatable bonds is 4. The molecule has 0 aliphatic carbocycles. The quantitative estimate of drug-likeness (QED) is 0.736. The summed E-state index contributed by atoms with van der Waals surface area (Å²) in [7, 11) is 0. The number of amides is 2. The van der Waals surface area contributed by atoms with Crippen LogP contribution in [0.15, 0.2) is 35.0 Å². The van der Waals surface area contributed by atoms with Crippen molar-refractivity contribution in [1.29, 1.82) is 0 Å². The summed E-state index contributed by atoms with van der Waals surface area (Å²) in [5, 5.41) is 7.76. The molecule has 4 rings (SSSR count). The number of benzene rings is 1. The molecule has 2 N–H and O–H groups in total. The third-order valence-corrected chi connectivity index (χ3v) is 5.03. The van der Waals surface area contributed by atoms with Crippen molar-refractivity contribution in [2.24, 2.45) is 0 Å². The summed E-state index contributed by atoms with van der Waals surface area (Å²) in [5.41, 5.74) is 1.52. The van der Waals surface area contributed by atoms with Crippen LogP contribution in [0.25, 0.3) is 10.9 Å². The minimum Gasteiger partial charge on any atom is -0.361 e. The molecule has 0 radical (unpaired) electrons. The fourth-order valence-corrected chi connectivity index (χ4v) is 3.49. The lowest BCUT2D eigenvalue weighted by Gasteiger charge is -2.29. The number of nitrogens with one attached hydrogen (secondary N) is 2. The van der Waals surface area contributed by atoms with Crippen molar-refractivity contribution in [2.75, 3.05) is 13.1 Å². The van der Waals surface area contributed by atoms with Gasteiger partial charge in [-0.25, -0.2) is 0 Å². The number of aromatic amines is 1. The molecule has 0 unspecified atom stereocenters. The molecule has 3 aromatic rings. The second-order valence-electron chi connectivity index (χ2n) is 6.75. The van der Waals surface area contributed by atoms with Crippen molar-refractivity contribution in [3.8, 4) is 0 Å². The van der Waals surface area contributed by atoms with Crippen LogP contribution >= 0.6 is 0 Å². The van der Waals surface area contributed by atoms with E-state index in [9.17, 15) is 9.59 Å². The molecular formula is C19H21N5O3. The zero-order valence-corrected chi connectivity index (χ0v) is 15.1. The predicted molar refractivity (Wildman–Crippen MR) is 98.0 cm³/mol. The average molecular weight is 367 g/mol. The van der Waals surface area contributed by atoms with Gasteiger partial charge in [-0.3, -0.25) is 9.59 Å². The molecule has 140 valence electrons. The average Bonchev–Trinajstić information content (AvgIpc) is 3.35. The van der Waals surface area contributed by atoms with Crippen LogP contribution < -0.4 is 5.32 Å². The van der Waals surface area contributed by atoms with E-state index in [1.54, 1.807) is 13.0 Å². The van der Waals surface area contributed by atoms with E-state index < -0.39 is 0 Å². The number of likely N-dealkylation sites (tertiary alicyclic amines) is 1. The molecule has 2 amide bonds. The maximum absolute atomic E-state index is 12.5. The van der Waals surface area contributed by atoms with E-state index in [4.69, 9.17) is 4.52 Å². The molecule has 0 bridgehead atoms. The normalized spacial score (nSPS) is 15.2. The van der Waals surface area contributed by atoms with E-state index in [0.29, 0.717) is 30.4 Å². The Morgan fingerprint density at radius 2 is 2.11 bits per heavy atom. The highest BCUT2D eigenvalue weighted by atomic mass is 16.5. The highest BCUT2D eigenvalue weighted by Crippen LogP contribution is 2.26. The zero-order valence-electron chi connectivity index (χ0n) is 15.1. The van der Waals surface area contributed by atoms with Gasteiger partial charge in [-0.1, -0.05) is 11.2 Å². The first-order valence-corrected chi connectivity index (χ1v) is 9.04. The Bertz CT molecular complexity index is 969. The number of hydrogen-bond acceptors (Lipinski definition) is 5. The van der Waals surface area contributed by atoms with Gasteiger partial charge in [0, 0.05) is 48.6 Å². The summed E-state index contributed by atoms with van der Waals surface area (Å²) in [5.74, 6) is 1.13. The minimum atomic E-state index is -0.185. The standard InChI is InChI=1S/C19H21N5O3/c1-12(25)24-9-6-13(7-10-24)18-22-17(27-23-18)11-21-19(26)15-3-2-4-16-14(15)5-8-20-16/h2-5,8,13,20H,6-7,9-11H2,1H3,(H,21,26). The molecule has 0 atom stereocenters. The van der Waals surface area contributed by atoms with Crippen molar-refractivity contribution in [3.63, 3.8) is 0 Å². The SMILES string of the molecule is CC(=O)N1CCC(c2noc(CNC(=O)c3cccc4[nH]ccc34)n2)CC1. The molecule has 1 aliphatic heterocycles. The second-order valence-corrected chi connectivity index (χ2v) is 6.75. The van der Waals surface area contributed by atoms with Crippen LogP contribution in [0.3, 0.4) is 0 Å². The summed E-state index contributed by atoms with van der Waals surface area (Å²) in [6.45, 7) is 3.19. The summed E-state index contributed by atoms with van der Waals surface area (Å²) >= 11 is 0. The highest BCUT2D eigenvalue weighted by molar-refractivity contribution is 6.06. The highest BCUT2D eigenvalue weighted by Gasteiger charge is 2.25. The maximum Gasteiger partial charge on any atom is 0.252 e. The summed E-state index contributed by atoms with van der Waals surface area (Å²) < 4.78 is 5.29. The van der Waals surface area contributed by atoms with Crippen LogP contribution in [-0.4, -0.2) is 44.9 Å². The molecule has 0 spiro atoms. The lowest BCUT2D eigenvalue weighted by Crippen LogP contribution is -2.36. The van der Waals surface area contributed by atoms with Crippen molar-refractivity contribution in [3.05, 3.63) is 47.7 Å². The van der Waals surface area contributed by atoms with Crippen molar-refractivity contribution >= 4 is 22.7 Å². The Labute approximate surface area is 155 Å². The fourth-order valence-electron chi connectivity index (χ4n) is 3.49. The Morgan fingerprint density at radius 3 is 2.89 bits per heavy atom. The first kappa shape index (κ1) is 17.3. The summed E-state index contributed by atoms with van der Waals surface area (Å²) in [6.07, 6.45) is 3.45. The number of nitrogens with zero attached hydrogens (tertiary/aromatic N) is 3. The van der Waals surface area contributed by atoms with Crippen LogP contribution in [0.1, 0.15) is 47.8 Å². The minimum absolute atomic E-state index is 0.0994. The Hall–Kier alpha value is -3.16. The summed E-state index contributed by atoms with van der Waals surface area (Å²) in [4.78, 5) is 33.2. The number of fused-ring (bicyclic) bond motifs is 1. The van der Waals surface area contributed by atoms with Gasteiger partial charge in [-0.2, -0.15) is 4.98 Å². The zero-order chi connectivity index (χ0) is 18.8. The third-order valence-electron chi connectivity index (χ3n) is 5.03.